The number of nitrogens with zero attached hydrogens (tertiary/aromatic N) is 1. The summed E-state index contributed by atoms with van der Waals surface area (Å²) >= 11 is 2.06. The number of amides is 1. The van der Waals surface area contributed by atoms with Crippen LogP contribution < -0.4 is 5.32 Å². The Labute approximate surface area is 92.1 Å². The number of carbonyl (C=O) groups is 1. The molecule has 1 fully saturated rings. The lowest BCUT2D eigenvalue weighted by molar-refractivity contribution is -0.118. The van der Waals surface area contributed by atoms with Crippen LogP contribution in [0.25, 0.3) is 0 Å². The van der Waals surface area contributed by atoms with Crippen molar-refractivity contribution in [2.24, 2.45) is 0 Å². The summed E-state index contributed by atoms with van der Waals surface area (Å²) in [7, 11) is 0. The van der Waals surface area contributed by atoms with Crippen LogP contribution in [0.4, 0.5) is 0 Å². The Morgan fingerprint density at radius 3 is 2.77 bits per heavy atom. The maximum atomic E-state index is 10.9. The van der Waals surface area contributed by atoms with E-state index < -0.39 is 0 Å². The van der Waals surface area contributed by atoms with Gasteiger partial charge in [0, 0.05) is 26.2 Å². The predicted octanol–water partition coefficient (Wildman–Crippen LogP) is -0.130. The normalized spacial score (nSPS) is 18.5. The number of rotatable bonds is 4. The number of halogens is 1. The number of alkyl halides is 1. The molecule has 1 N–H and O–H groups in total. The third kappa shape index (κ3) is 4.78. The first-order valence-electron chi connectivity index (χ1n) is 4.45. The minimum absolute atomic E-state index is 0.119. The Morgan fingerprint density at radius 2 is 2.15 bits per heavy atom. The molecule has 13 heavy (non-hydrogen) atoms. The van der Waals surface area contributed by atoms with E-state index in [4.69, 9.17) is 4.74 Å². The topological polar surface area (TPSA) is 41.6 Å². The monoisotopic (exact) mass is 298 g/mol. The average molecular weight is 298 g/mol. The van der Waals surface area contributed by atoms with Gasteiger partial charge in [0.05, 0.1) is 17.6 Å². The highest BCUT2D eigenvalue weighted by Crippen LogP contribution is 1.94. The van der Waals surface area contributed by atoms with Crippen LogP contribution >= 0.6 is 22.6 Å². The molecule has 0 unspecified atom stereocenters. The molecule has 4 nitrogen and oxygen atoms in total. The maximum absolute atomic E-state index is 10.9. The van der Waals surface area contributed by atoms with Gasteiger partial charge < -0.3 is 10.1 Å². The lowest BCUT2D eigenvalue weighted by atomic mass is 10.4. The molecule has 5 heteroatoms. The molecule has 1 heterocycles. The Morgan fingerprint density at radius 1 is 1.46 bits per heavy atom. The van der Waals surface area contributed by atoms with E-state index in [9.17, 15) is 4.79 Å². The lowest BCUT2D eigenvalue weighted by Gasteiger charge is -2.26. The summed E-state index contributed by atoms with van der Waals surface area (Å²) < 4.78 is 5.76. The van der Waals surface area contributed by atoms with Gasteiger partial charge in [-0.1, -0.05) is 22.6 Å². The molecule has 1 saturated heterocycles. The minimum Gasteiger partial charge on any atom is -0.379 e. The first kappa shape index (κ1) is 11.2. The summed E-state index contributed by atoms with van der Waals surface area (Å²) in [5.41, 5.74) is 0. The van der Waals surface area contributed by atoms with Gasteiger partial charge in [-0.15, -0.1) is 0 Å². The molecule has 0 atom stereocenters. The zero-order valence-corrected chi connectivity index (χ0v) is 9.75. The average Bonchev–Trinajstić information content (AvgIpc) is 2.19. The van der Waals surface area contributed by atoms with Crippen LogP contribution in [0.2, 0.25) is 0 Å². The van der Waals surface area contributed by atoms with Gasteiger partial charge in [-0.05, 0) is 0 Å². The smallest absolute Gasteiger partial charge is 0.229 e. The molecular weight excluding hydrogens is 283 g/mol. The van der Waals surface area contributed by atoms with E-state index in [1.165, 1.54) is 0 Å². The molecule has 0 aromatic rings. The standard InChI is InChI=1S/C8H15IN2O2/c9-7-8(12)10-1-2-11-3-5-13-6-4-11/h1-7H2,(H,10,12). The fourth-order valence-electron chi connectivity index (χ4n) is 1.23. The van der Waals surface area contributed by atoms with Gasteiger partial charge in [0.1, 0.15) is 0 Å². The van der Waals surface area contributed by atoms with Gasteiger partial charge >= 0.3 is 0 Å². The third-order valence-corrected chi connectivity index (χ3v) is 2.67. The molecular formula is C8H15IN2O2. The highest BCUT2D eigenvalue weighted by Gasteiger charge is 2.09. The molecule has 0 saturated carbocycles. The number of ether oxygens (including phenoxy) is 1. The number of morpholine rings is 1. The SMILES string of the molecule is O=C(CI)NCCN1CCOCC1. The Hall–Kier alpha value is 0.120. The van der Waals surface area contributed by atoms with E-state index in [0.29, 0.717) is 4.43 Å². The van der Waals surface area contributed by atoms with E-state index in [1.54, 1.807) is 0 Å². The van der Waals surface area contributed by atoms with Crippen molar-refractivity contribution in [1.82, 2.24) is 10.2 Å². The first-order chi connectivity index (χ1) is 6.33. The zero-order valence-electron chi connectivity index (χ0n) is 7.59. The van der Waals surface area contributed by atoms with E-state index in [1.807, 2.05) is 0 Å². The Balaban J connectivity index is 2.01. The lowest BCUT2D eigenvalue weighted by Crippen LogP contribution is -2.41. The zero-order chi connectivity index (χ0) is 9.52. The largest absolute Gasteiger partial charge is 0.379 e. The molecule has 0 aromatic heterocycles. The Kier molecular flexibility index (Phi) is 5.65. The number of nitrogens with one attached hydrogen (secondary N) is 1. The van der Waals surface area contributed by atoms with Crippen LogP contribution in [0.5, 0.6) is 0 Å². The molecule has 76 valence electrons. The second-order valence-corrected chi connectivity index (χ2v) is 3.70. The van der Waals surface area contributed by atoms with Crippen LogP contribution in [0, 0.1) is 0 Å². The summed E-state index contributed by atoms with van der Waals surface area (Å²) in [6.45, 7) is 5.30. The van der Waals surface area contributed by atoms with Crippen LogP contribution in [0.15, 0.2) is 0 Å². The summed E-state index contributed by atoms with van der Waals surface area (Å²) in [6.07, 6.45) is 0. The van der Waals surface area contributed by atoms with Gasteiger partial charge in [-0.25, -0.2) is 0 Å². The first-order valence-corrected chi connectivity index (χ1v) is 5.98. The number of hydrogen-bond donors (Lipinski definition) is 1. The number of hydrogen-bond acceptors (Lipinski definition) is 3. The fraction of sp³-hybridized carbons (Fsp3) is 0.875. The van der Waals surface area contributed by atoms with Gasteiger partial charge in [0.15, 0.2) is 0 Å². The molecule has 0 spiro atoms. The van der Waals surface area contributed by atoms with Crippen LogP contribution in [-0.2, 0) is 9.53 Å². The maximum Gasteiger partial charge on any atom is 0.229 e. The van der Waals surface area contributed by atoms with Crippen molar-refractivity contribution in [2.75, 3.05) is 43.8 Å². The van der Waals surface area contributed by atoms with E-state index >= 15 is 0 Å². The summed E-state index contributed by atoms with van der Waals surface area (Å²) in [5.74, 6) is 0.119. The fourth-order valence-corrected chi connectivity index (χ4v) is 1.50. The quantitative estimate of drug-likeness (QED) is 0.581. The van der Waals surface area contributed by atoms with Crippen LogP contribution in [0.3, 0.4) is 0 Å². The second kappa shape index (κ2) is 6.56. The van der Waals surface area contributed by atoms with Crippen molar-refractivity contribution in [3.05, 3.63) is 0 Å². The molecule has 0 radical (unpaired) electrons. The highest BCUT2D eigenvalue weighted by molar-refractivity contribution is 14.1. The van der Waals surface area contributed by atoms with Crippen molar-refractivity contribution >= 4 is 28.5 Å². The van der Waals surface area contributed by atoms with E-state index in [-0.39, 0.29) is 5.91 Å². The summed E-state index contributed by atoms with van der Waals surface area (Å²) in [6, 6.07) is 0. The van der Waals surface area contributed by atoms with Gasteiger partial charge in [0.2, 0.25) is 5.91 Å². The molecule has 0 aromatic carbocycles. The molecule has 0 aliphatic carbocycles. The number of carbonyl (C=O) groups excluding carboxylic acids is 1. The molecule has 0 bridgehead atoms. The van der Waals surface area contributed by atoms with Gasteiger partial charge in [0.25, 0.3) is 0 Å². The third-order valence-electron chi connectivity index (χ3n) is 1.98. The Bertz CT molecular complexity index is 160. The van der Waals surface area contributed by atoms with E-state index in [0.717, 1.165) is 39.4 Å². The predicted molar refractivity (Wildman–Crippen MR) is 59.2 cm³/mol. The van der Waals surface area contributed by atoms with Crippen molar-refractivity contribution in [2.45, 2.75) is 0 Å². The van der Waals surface area contributed by atoms with Crippen molar-refractivity contribution in [3.63, 3.8) is 0 Å². The van der Waals surface area contributed by atoms with Gasteiger partial charge in [-0.2, -0.15) is 0 Å². The van der Waals surface area contributed by atoms with E-state index in [2.05, 4.69) is 32.8 Å². The summed E-state index contributed by atoms with van der Waals surface area (Å²) in [5, 5.41) is 2.85. The highest BCUT2D eigenvalue weighted by atomic mass is 127. The molecule has 1 aliphatic heterocycles. The molecule has 1 rings (SSSR count). The summed E-state index contributed by atoms with van der Waals surface area (Å²) in [4.78, 5) is 13.2. The van der Waals surface area contributed by atoms with Gasteiger partial charge in [-0.3, -0.25) is 9.69 Å². The van der Waals surface area contributed by atoms with Crippen molar-refractivity contribution < 1.29 is 9.53 Å². The minimum atomic E-state index is 0.119. The van der Waals surface area contributed by atoms with Crippen LogP contribution in [-0.4, -0.2) is 54.6 Å². The second-order valence-electron chi connectivity index (χ2n) is 2.94. The van der Waals surface area contributed by atoms with Crippen LogP contribution in [0.1, 0.15) is 0 Å². The molecule has 1 aliphatic rings. The van der Waals surface area contributed by atoms with Crippen molar-refractivity contribution in [3.8, 4) is 0 Å². The molecule has 1 amide bonds. The van der Waals surface area contributed by atoms with Crippen molar-refractivity contribution in [1.29, 1.82) is 0 Å².